The molecule has 106 valence electrons. The van der Waals surface area contributed by atoms with Crippen LogP contribution in [0.4, 0.5) is 5.69 Å². The van der Waals surface area contributed by atoms with Crippen molar-refractivity contribution in [1.29, 1.82) is 0 Å². The van der Waals surface area contributed by atoms with Crippen molar-refractivity contribution < 1.29 is 9.59 Å². The van der Waals surface area contributed by atoms with E-state index in [0.29, 0.717) is 25.2 Å². The molecule has 5 heteroatoms. The van der Waals surface area contributed by atoms with E-state index in [0.717, 1.165) is 24.8 Å². The second kappa shape index (κ2) is 6.84. The van der Waals surface area contributed by atoms with E-state index in [1.54, 1.807) is 4.90 Å². The summed E-state index contributed by atoms with van der Waals surface area (Å²) in [5.74, 6) is 0.414. The predicted octanol–water partition coefficient (Wildman–Crippen LogP) is 1.65. The van der Waals surface area contributed by atoms with Crippen LogP contribution in [-0.2, 0) is 9.59 Å². The smallest absolute Gasteiger partial charge is 0.223 e. The molecule has 1 aliphatic heterocycles. The van der Waals surface area contributed by atoms with Gasteiger partial charge in [0, 0.05) is 19.4 Å². The van der Waals surface area contributed by atoms with Gasteiger partial charge in [-0.1, -0.05) is 18.2 Å². The van der Waals surface area contributed by atoms with Gasteiger partial charge in [0.15, 0.2) is 0 Å². The molecule has 1 aromatic rings. The third-order valence-electron chi connectivity index (χ3n) is 3.40. The predicted molar refractivity (Wildman–Crippen MR) is 77.8 cm³/mol. The van der Waals surface area contributed by atoms with Gasteiger partial charge in [0.05, 0.1) is 11.7 Å². The molecular weight excluding hydrogens is 254 g/mol. The quantitative estimate of drug-likeness (QED) is 0.503. The molecule has 5 nitrogen and oxygen atoms in total. The number of para-hydroxylation sites is 1. The molecule has 1 fully saturated rings. The lowest BCUT2D eigenvalue weighted by atomic mass is 10.2. The number of aldehydes is 1. The maximum Gasteiger partial charge on any atom is 0.223 e. The first kappa shape index (κ1) is 14.2. The van der Waals surface area contributed by atoms with Gasteiger partial charge in [-0.3, -0.25) is 4.79 Å². The van der Waals surface area contributed by atoms with Gasteiger partial charge in [-0.25, -0.2) is 4.99 Å². The van der Waals surface area contributed by atoms with Crippen LogP contribution in [0.2, 0.25) is 0 Å². The second-order valence-electron chi connectivity index (χ2n) is 4.87. The van der Waals surface area contributed by atoms with E-state index in [9.17, 15) is 9.59 Å². The first-order chi connectivity index (χ1) is 9.70. The number of rotatable bonds is 5. The van der Waals surface area contributed by atoms with Gasteiger partial charge < -0.3 is 15.4 Å². The summed E-state index contributed by atoms with van der Waals surface area (Å²) >= 11 is 0. The van der Waals surface area contributed by atoms with Crippen LogP contribution in [-0.4, -0.2) is 35.5 Å². The highest BCUT2D eigenvalue weighted by atomic mass is 16.2. The lowest BCUT2D eigenvalue weighted by Crippen LogP contribution is -2.36. The van der Waals surface area contributed by atoms with Gasteiger partial charge in [0.2, 0.25) is 5.91 Å². The SMILES string of the molecule is NC(CCC(=O)N1CCC[C@H]1C=O)=Nc1ccccc1. The number of amides is 1. The molecule has 1 aromatic carbocycles. The minimum atomic E-state index is -0.255. The molecule has 20 heavy (non-hydrogen) atoms. The highest BCUT2D eigenvalue weighted by Gasteiger charge is 2.27. The van der Waals surface area contributed by atoms with Crippen molar-refractivity contribution in [3.63, 3.8) is 0 Å². The molecule has 1 aliphatic rings. The first-order valence-electron chi connectivity index (χ1n) is 6.83. The fourth-order valence-corrected chi connectivity index (χ4v) is 2.35. The number of carbonyl (C=O) groups is 2. The Hall–Kier alpha value is -2.17. The number of aliphatic imine (C=N–C) groups is 1. The highest BCUT2D eigenvalue weighted by Crippen LogP contribution is 2.17. The molecule has 1 atom stereocenters. The van der Waals surface area contributed by atoms with Gasteiger partial charge in [0.25, 0.3) is 0 Å². The maximum atomic E-state index is 12.0. The highest BCUT2D eigenvalue weighted by molar-refractivity contribution is 5.88. The van der Waals surface area contributed by atoms with Crippen molar-refractivity contribution >= 4 is 23.7 Å². The zero-order valence-electron chi connectivity index (χ0n) is 11.4. The maximum absolute atomic E-state index is 12.0. The van der Waals surface area contributed by atoms with E-state index < -0.39 is 0 Å². The van der Waals surface area contributed by atoms with Crippen molar-refractivity contribution in [3.8, 4) is 0 Å². The summed E-state index contributed by atoms with van der Waals surface area (Å²) in [4.78, 5) is 28.8. The third kappa shape index (κ3) is 3.66. The molecule has 1 amide bonds. The Balaban J connectivity index is 1.87. The number of nitrogens with two attached hydrogens (primary N) is 1. The fraction of sp³-hybridized carbons (Fsp3) is 0.400. The van der Waals surface area contributed by atoms with E-state index in [2.05, 4.69) is 4.99 Å². The fourth-order valence-electron chi connectivity index (χ4n) is 2.35. The van der Waals surface area contributed by atoms with Crippen molar-refractivity contribution in [2.75, 3.05) is 6.54 Å². The molecule has 1 saturated heterocycles. The van der Waals surface area contributed by atoms with E-state index in [1.807, 2.05) is 30.3 Å². The third-order valence-corrected chi connectivity index (χ3v) is 3.40. The summed E-state index contributed by atoms with van der Waals surface area (Å²) in [6, 6.07) is 9.14. The number of hydrogen-bond acceptors (Lipinski definition) is 3. The van der Waals surface area contributed by atoms with E-state index >= 15 is 0 Å². The topological polar surface area (TPSA) is 75.8 Å². The molecule has 0 spiro atoms. The van der Waals surface area contributed by atoms with E-state index in [-0.39, 0.29) is 11.9 Å². The number of carbonyl (C=O) groups excluding carboxylic acids is 2. The molecule has 0 bridgehead atoms. The van der Waals surface area contributed by atoms with Crippen LogP contribution in [0.1, 0.15) is 25.7 Å². The van der Waals surface area contributed by atoms with Crippen molar-refractivity contribution in [2.24, 2.45) is 10.7 Å². The van der Waals surface area contributed by atoms with Crippen LogP contribution in [0.15, 0.2) is 35.3 Å². The first-order valence-corrected chi connectivity index (χ1v) is 6.83. The number of nitrogens with zero attached hydrogens (tertiary/aromatic N) is 2. The Labute approximate surface area is 118 Å². The van der Waals surface area contributed by atoms with Gasteiger partial charge in [0.1, 0.15) is 12.1 Å². The molecule has 0 unspecified atom stereocenters. The van der Waals surface area contributed by atoms with Crippen LogP contribution < -0.4 is 5.73 Å². The lowest BCUT2D eigenvalue weighted by Gasteiger charge is -2.20. The van der Waals surface area contributed by atoms with Gasteiger partial charge in [-0.05, 0) is 25.0 Å². The normalized spacial score (nSPS) is 19.1. The Morgan fingerprint density at radius 2 is 2.10 bits per heavy atom. The molecule has 0 saturated carbocycles. The second-order valence-corrected chi connectivity index (χ2v) is 4.87. The molecular formula is C15H19N3O2. The number of benzene rings is 1. The van der Waals surface area contributed by atoms with E-state index in [1.165, 1.54) is 0 Å². The molecule has 0 aliphatic carbocycles. The summed E-state index contributed by atoms with van der Waals surface area (Å²) in [6.45, 7) is 0.665. The van der Waals surface area contributed by atoms with Gasteiger partial charge >= 0.3 is 0 Å². The van der Waals surface area contributed by atoms with Gasteiger partial charge in [-0.2, -0.15) is 0 Å². The number of likely N-dealkylation sites (tertiary alicyclic amines) is 1. The van der Waals surface area contributed by atoms with Crippen LogP contribution >= 0.6 is 0 Å². The average Bonchev–Trinajstić information content (AvgIpc) is 2.94. The Kier molecular flexibility index (Phi) is 4.87. The molecule has 1 heterocycles. The Morgan fingerprint density at radius 1 is 1.35 bits per heavy atom. The monoisotopic (exact) mass is 273 g/mol. The summed E-state index contributed by atoms with van der Waals surface area (Å²) in [5, 5.41) is 0. The molecule has 0 aromatic heterocycles. The zero-order chi connectivity index (χ0) is 14.4. The van der Waals surface area contributed by atoms with Crippen molar-refractivity contribution in [2.45, 2.75) is 31.7 Å². The minimum Gasteiger partial charge on any atom is -0.387 e. The van der Waals surface area contributed by atoms with Crippen LogP contribution in [0.25, 0.3) is 0 Å². The molecule has 2 N–H and O–H groups in total. The van der Waals surface area contributed by atoms with E-state index in [4.69, 9.17) is 5.73 Å². The summed E-state index contributed by atoms with van der Waals surface area (Å²) in [5.41, 5.74) is 6.61. The Bertz CT molecular complexity index is 499. The van der Waals surface area contributed by atoms with Gasteiger partial charge in [-0.15, -0.1) is 0 Å². The summed E-state index contributed by atoms with van der Waals surface area (Å²) in [7, 11) is 0. The number of hydrogen-bond donors (Lipinski definition) is 1. The molecule has 2 rings (SSSR count). The van der Waals surface area contributed by atoms with Crippen molar-refractivity contribution in [3.05, 3.63) is 30.3 Å². The number of amidine groups is 1. The van der Waals surface area contributed by atoms with Crippen LogP contribution in [0.5, 0.6) is 0 Å². The van der Waals surface area contributed by atoms with Crippen molar-refractivity contribution in [1.82, 2.24) is 4.90 Å². The molecule has 0 radical (unpaired) electrons. The average molecular weight is 273 g/mol. The summed E-state index contributed by atoms with van der Waals surface area (Å²) in [6.07, 6.45) is 3.22. The standard InChI is InChI=1S/C15H19N3O2/c16-14(17-12-5-2-1-3-6-12)8-9-15(20)18-10-4-7-13(18)11-19/h1-3,5-6,11,13H,4,7-10H2,(H2,16,17)/t13-/m0/s1. The lowest BCUT2D eigenvalue weighted by molar-refractivity contribution is -0.134. The largest absolute Gasteiger partial charge is 0.387 e. The minimum absolute atomic E-state index is 0.0224. The Morgan fingerprint density at radius 3 is 2.80 bits per heavy atom. The van der Waals surface area contributed by atoms with Crippen LogP contribution in [0.3, 0.4) is 0 Å². The van der Waals surface area contributed by atoms with Crippen LogP contribution in [0, 0.1) is 0 Å². The summed E-state index contributed by atoms with van der Waals surface area (Å²) < 4.78 is 0. The zero-order valence-corrected chi connectivity index (χ0v) is 11.4.